The Morgan fingerprint density at radius 2 is 2.13 bits per heavy atom. The number of halogens is 1. The Balaban J connectivity index is 1.67. The molecular weight excluding hydrogens is 314 g/mol. The molecule has 5 nitrogen and oxygen atoms in total. The average Bonchev–Trinajstić information content (AvgIpc) is 2.76. The van der Waals surface area contributed by atoms with Crippen molar-refractivity contribution in [1.29, 1.82) is 0 Å². The van der Waals surface area contributed by atoms with Gasteiger partial charge in [-0.3, -0.25) is 4.79 Å². The number of carbonyl (C=O) groups excluding carboxylic acids is 1. The van der Waals surface area contributed by atoms with E-state index in [0.29, 0.717) is 11.6 Å². The fourth-order valence-electron chi connectivity index (χ4n) is 3.58. The molecule has 1 amide bonds. The van der Waals surface area contributed by atoms with E-state index in [1.165, 1.54) is 0 Å². The van der Waals surface area contributed by atoms with Gasteiger partial charge in [0.15, 0.2) is 0 Å². The van der Waals surface area contributed by atoms with Gasteiger partial charge >= 0.3 is 0 Å². The number of hydrogen-bond acceptors (Lipinski definition) is 4. The molecule has 6 heteroatoms. The number of hydrogen-bond donors (Lipinski definition) is 0. The van der Waals surface area contributed by atoms with Gasteiger partial charge in [-0.05, 0) is 31.4 Å². The minimum atomic E-state index is -0.271. The van der Waals surface area contributed by atoms with Crippen LogP contribution in [0.4, 0.5) is 5.82 Å². The van der Waals surface area contributed by atoms with Crippen molar-refractivity contribution in [3.63, 3.8) is 0 Å². The van der Waals surface area contributed by atoms with Crippen LogP contribution in [0, 0.1) is 5.41 Å². The van der Waals surface area contributed by atoms with Crippen LogP contribution in [-0.4, -0.2) is 55.7 Å². The normalized spacial score (nSPS) is 20.8. The summed E-state index contributed by atoms with van der Waals surface area (Å²) in [5, 5.41) is 0.669. The molecule has 0 spiro atoms. The number of rotatable bonds is 4. The Morgan fingerprint density at radius 3 is 2.78 bits per heavy atom. The second-order valence-corrected chi connectivity index (χ2v) is 6.92. The number of nitrogens with zero attached hydrogens (tertiary/aromatic N) is 3. The monoisotopic (exact) mass is 337 g/mol. The van der Waals surface area contributed by atoms with Gasteiger partial charge in [0.2, 0.25) is 5.91 Å². The molecule has 2 fully saturated rings. The third-order valence-corrected chi connectivity index (χ3v) is 5.30. The molecular formula is C17H24ClN3O2. The molecule has 23 heavy (non-hydrogen) atoms. The second kappa shape index (κ2) is 7.05. The van der Waals surface area contributed by atoms with Crippen molar-refractivity contribution in [3.8, 4) is 0 Å². The van der Waals surface area contributed by atoms with E-state index in [1.807, 2.05) is 17.0 Å². The predicted octanol–water partition coefficient (Wildman–Crippen LogP) is 2.59. The molecule has 0 atom stereocenters. The van der Waals surface area contributed by atoms with E-state index in [-0.39, 0.29) is 11.3 Å². The minimum Gasteiger partial charge on any atom is -0.384 e. The molecule has 126 valence electrons. The first-order valence-electron chi connectivity index (χ1n) is 8.30. The first kappa shape index (κ1) is 16.5. The number of methoxy groups -OCH3 is 1. The summed E-state index contributed by atoms with van der Waals surface area (Å²) < 4.78 is 5.31. The molecule has 2 heterocycles. The summed E-state index contributed by atoms with van der Waals surface area (Å²) in [5.74, 6) is 1.08. The lowest BCUT2D eigenvalue weighted by atomic mass is 9.68. The van der Waals surface area contributed by atoms with Gasteiger partial charge in [-0.2, -0.15) is 0 Å². The van der Waals surface area contributed by atoms with Crippen LogP contribution in [0.2, 0.25) is 5.02 Å². The van der Waals surface area contributed by atoms with E-state index in [9.17, 15) is 4.79 Å². The highest BCUT2D eigenvalue weighted by Gasteiger charge is 2.46. The third-order valence-electron chi connectivity index (χ3n) is 5.01. The van der Waals surface area contributed by atoms with Gasteiger partial charge < -0.3 is 14.5 Å². The highest BCUT2D eigenvalue weighted by Crippen LogP contribution is 2.43. The number of carbonyl (C=O) groups is 1. The Labute approximate surface area is 142 Å². The van der Waals surface area contributed by atoms with Crippen molar-refractivity contribution >= 4 is 23.3 Å². The molecule has 3 rings (SSSR count). The average molecular weight is 338 g/mol. The SMILES string of the molecule is COCC1(C(=O)N2CCCN(c3ncccc3Cl)CC2)CCC1. The minimum absolute atomic E-state index is 0.263. The molecule has 1 aliphatic carbocycles. The Bertz CT molecular complexity index is 563. The van der Waals surface area contributed by atoms with Crippen LogP contribution in [0.1, 0.15) is 25.7 Å². The molecule has 0 bridgehead atoms. The lowest BCUT2D eigenvalue weighted by Gasteiger charge is -2.42. The second-order valence-electron chi connectivity index (χ2n) is 6.51. The standard InChI is InChI=1S/C17H24ClN3O2/c1-23-13-17(6-3-7-17)16(22)21-10-4-9-20(11-12-21)15-14(18)5-2-8-19-15/h2,5,8H,3-4,6-7,9-13H2,1H3. The fourth-order valence-corrected chi connectivity index (χ4v) is 3.82. The van der Waals surface area contributed by atoms with Crippen molar-refractivity contribution < 1.29 is 9.53 Å². The van der Waals surface area contributed by atoms with E-state index in [2.05, 4.69) is 9.88 Å². The van der Waals surface area contributed by atoms with Crippen molar-refractivity contribution in [2.24, 2.45) is 5.41 Å². The number of pyridine rings is 1. The summed E-state index contributed by atoms with van der Waals surface area (Å²) in [6.07, 6.45) is 5.72. The lowest BCUT2D eigenvalue weighted by molar-refractivity contribution is -0.151. The quantitative estimate of drug-likeness (QED) is 0.847. The largest absolute Gasteiger partial charge is 0.384 e. The van der Waals surface area contributed by atoms with E-state index in [0.717, 1.165) is 57.7 Å². The van der Waals surface area contributed by atoms with Gasteiger partial charge in [0.25, 0.3) is 0 Å². The van der Waals surface area contributed by atoms with Crippen molar-refractivity contribution in [2.75, 3.05) is 44.8 Å². The summed E-state index contributed by atoms with van der Waals surface area (Å²) in [5.41, 5.74) is -0.271. The number of amides is 1. The first-order chi connectivity index (χ1) is 11.2. The summed E-state index contributed by atoms with van der Waals surface area (Å²) >= 11 is 6.25. The molecule has 0 unspecified atom stereocenters. The number of anilines is 1. The Morgan fingerprint density at radius 1 is 1.30 bits per heavy atom. The van der Waals surface area contributed by atoms with Gasteiger partial charge in [0.1, 0.15) is 5.82 Å². The number of aromatic nitrogens is 1. The molecule has 1 aromatic rings. The molecule has 1 saturated carbocycles. The highest BCUT2D eigenvalue weighted by atomic mass is 35.5. The van der Waals surface area contributed by atoms with Crippen LogP contribution >= 0.6 is 11.6 Å². The maximum absolute atomic E-state index is 12.9. The maximum Gasteiger partial charge on any atom is 0.231 e. The topological polar surface area (TPSA) is 45.7 Å². The van der Waals surface area contributed by atoms with E-state index >= 15 is 0 Å². The zero-order valence-electron chi connectivity index (χ0n) is 13.6. The van der Waals surface area contributed by atoms with Crippen LogP contribution < -0.4 is 4.90 Å². The molecule has 1 aromatic heterocycles. The van der Waals surface area contributed by atoms with Crippen LogP contribution in [0.15, 0.2) is 18.3 Å². The van der Waals surface area contributed by atoms with E-state index in [4.69, 9.17) is 16.3 Å². The fraction of sp³-hybridized carbons (Fsp3) is 0.647. The zero-order chi connectivity index (χ0) is 16.3. The lowest BCUT2D eigenvalue weighted by Crippen LogP contribution is -2.51. The molecule has 0 N–H and O–H groups in total. The van der Waals surface area contributed by atoms with Crippen LogP contribution in [0.3, 0.4) is 0 Å². The smallest absolute Gasteiger partial charge is 0.231 e. The van der Waals surface area contributed by atoms with Crippen molar-refractivity contribution in [2.45, 2.75) is 25.7 Å². The van der Waals surface area contributed by atoms with Gasteiger partial charge in [-0.25, -0.2) is 4.98 Å². The van der Waals surface area contributed by atoms with Crippen LogP contribution in [0.25, 0.3) is 0 Å². The summed E-state index contributed by atoms with van der Waals surface area (Å²) in [7, 11) is 1.68. The van der Waals surface area contributed by atoms with Gasteiger partial charge in [-0.1, -0.05) is 18.0 Å². The summed E-state index contributed by atoms with van der Waals surface area (Å²) in [6.45, 7) is 3.70. The number of ether oxygens (including phenoxy) is 1. The molecule has 0 radical (unpaired) electrons. The van der Waals surface area contributed by atoms with Gasteiger partial charge in [0.05, 0.1) is 17.0 Å². The predicted molar refractivity (Wildman–Crippen MR) is 90.8 cm³/mol. The van der Waals surface area contributed by atoms with Crippen LogP contribution in [-0.2, 0) is 9.53 Å². The maximum atomic E-state index is 12.9. The Kier molecular flexibility index (Phi) is 5.07. The van der Waals surface area contributed by atoms with E-state index < -0.39 is 0 Å². The summed E-state index contributed by atoms with van der Waals surface area (Å²) in [6, 6.07) is 3.70. The molecule has 1 aliphatic heterocycles. The van der Waals surface area contributed by atoms with Crippen molar-refractivity contribution in [1.82, 2.24) is 9.88 Å². The first-order valence-corrected chi connectivity index (χ1v) is 8.68. The van der Waals surface area contributed by atoms with E-state index in [1.54, 1.807) is 13.3 Å². The van der Waals surface area contributed by atoms with Crippen molar-refractivity contribution in [3.05, 3.63) is 23.4 Å². The zero-order valence-corrected chi connectivity index (χ0v) is 14.4. The highest BCUT2D eigenvalue weighted by molar-refractivity contribution is 6.32. The summed E-state index contributed by atoms with van der Waals surface area (Å²) in [4.78, 5) is 21.5. The van der Waals surface area contributed by atoms with Gasteiger partial charge in [0, 0.05) is 39.5 Å². The third kappa shape index (κ3) is 3.31. The molecule has 2 aliphatic rings. The molecule has 0 aromatic carbocycles. The Hall–Kier alpha value is -1.33. The van der Waals surface area contributed by atoms with Gasteiger partial charge in [-0.15, -0.1) is 0 Å². The molecule has 1 saturated heterocycles. The van der Waals surface area contributed by atoms with Crippen LogP contribution in [0.5, 0.6) is 0 Å².